The number of nitrogens with one attached hydrogen (secondary N) is 1. The Kier molecular flexibility index (Phi) is 6.42. The van der Waals surface area contributed by atoms with Gasteiger partial charge >= 0.3 is 5.97 Å². The van der Waals surface area contributed by atoms with Crippen molar-refractivity contribution in [3.8, 4) is 5.75 Å². The summed E-state index contributed by atoms with van der Waals surface area (Å²) >= 11 is 0. The molecule has 1 aromatic rings. The van der Waals surface area contributed by atoms with E-state index in [1.165, 1.54) is 20.1 Å². The summed E-state index contributed by atoms with van der Waals surface area (Å²) in [6.45, 7) is 2.02. The minimum absolute atomic E-state index is 0.0332. The van der Waals surface area contributed by atoms with E-state index in [9.17, 15) is 9.59 Å². The third kappa shape index (κ3) is 4.92. The number of carbonyl (C=O) groups excluding carboxylic acids is 2. The maximum absolute atomic E-state index is 11.9. The molecule has 114 valence electrons. The predicted molar refractivity (Wildman–Crippen MR) is 81.0 cm³/mol. The van der Waals surface area contributed by atoms with Crippen LogP contribution in [0.15, 0.2) is 23.8 Å². The van der Waals surface area contributed by atoms with Crippen molar-refractivity contribution < 1.29 is 19.1 Å². The molecule has 0 atom stereocenters. The normalized spacial score (nSPS) is 11.1. The first-order chi connectivity index (χ1) is 9.99. The number of esters is 1. The summed E-state index contributed by atoms with van der Waals surface area (Å²) in [5.74, 6) is -0.545. The number of Topliss-reactive ketones (excluding diaryl/α,β-unsaturated/α-hetero) is 1. The molecule has 0 fully saturated rings. The zero-order valence-electron chi connectivity index (χ0n) is 12.4. The second kappa shape index (κ2) is 8.06. The molecule has 6 heteroatoms. The first-order valence-electron chi connectivity index (χ1n) is 6.47. The van der Waals surface area contributed by atoms with Crippen LogP contribution in [0.25, 0.3) is 6.08 Å². The summed E-state index contributed by atoms with van der Waals surface area (Å²) in [4.78, 5) is 23.6. The Balaban J connectivity index is 3.05. The van der Waals surface area contributed by atoms with E-state index in [-0.39, 0.29) is 18.0 Å². The van der Waals surface area contributed by atoms with E-state index < -0.39 is 5.97 Å². The van der Waals surface area contributed by atoms with Crippen LogP contribution in [0.1, 0.15) is 12.5 Å². The first kappa shape index (κ1) is 16.7. The minimum atomic E-state index is -0.656. The van der Waals surface area contributed by atoms with Crippen molar-refractivity contribution in [3.05, 3.63) is 29.3 Å². The SMILES string of the molecule is CNCCOC(=O)/C(=C/c1ccc(N)cc1OC)C(C)=O. The summed E-state index contributed by atoms with van der Waals surface area (Å²) in [6, 6.07) is 4.96. The van der Waals surface area contributed by atoms with Crippen LogP contribution in [0.2, 0.25) is 0 Å². The molecule has 0 heterocycles. The molecule has 0 aliphatic rings. The third-order valence-corrected chi connectivity index (χ3v) is 2.74. The molecule has 0 saturated carbocycles. The molecule has 6 nitrogen and oxygen atoms in total. The van der Waals surface area contributed by atoms with Gasteiger partial charge in [0.1, 0.15) is 17.9 Å². The van der Waals surface area contributed by atoms with Gasteiger partial charge in [0, 0.05) is 23.9 Å². The van der Waals surface area contributed by atoms with E-state index in [1.807, 2.05) is 0 Å². The largest absolute Gasteiger partial charge is 0.496 e. The van der Waals surface area contributed by atoms with E-state index in [4.69, 9.17) is 15.2 Å². The van der Waals surface area contributed by atoms with Gasteiger partial charge in [-0.1, -0.05) is 0 Å². The van der Waals surface area contributed by atoms with E-state index >= 15 is 0 Å². The number of anilines is 1. The van der Waals surface area contributed by atoms with Crippen LogP contribution in [-0.2, 0) is 14.3 Å². The number of methoxy groups -OCH3 is 1. The van der Waals surface area contributed by atoms with Crippen LogP contribution in [0, 0.1) is 0 Å². The Morgan fingerprint density at radius 2 is 2.10 bits per heavy atom. The Hall–Kier alpha value is -2.34. The summed E-state index contributed by atoms with van der Waals surface area (Å²) in [5.41, 5.74) is 6.75. The fraction of sp³-hybridized carbons (Fsp3) is 0.333. The zero-order valence-corrected chi connectivity index (χ0v) is 12.4. The third-order valence-electron chi connectivity index (χ3n) is 2.74. The van der Waals surface area contributed by atoms with Gasteiger partial charge in [-0.25, -0.2) is 4.79 Å². The van der Waals surface area contributed by atoms with Gasteiger partial charge in [-0.2, -0.15) is 0 Å². The molecule has 0 radical (unpaired) electrons. The molecule has 0 bridgehead atoms. The van der Waals surface area contributed by atoms with Crippen LogP contribution in [-0.4, -0.2) is 39.1 Å². The molecule has 0 aliphatic carbocycles. The number of carbonyl (C=O) groups is 2. The molecule has 1 aromatic carbocycles. The van der Waals surface area contributed by atoms with Crippen LogP contribution >= 0.6 is 0 Å². The van der Waals surface area contributed by atoms with Crippen molar-refractivity contribution in [1.29, 1.82) is 0 Å². The number of ketones is 1. The van der Waals surface area contributed by atoms with Crippen molar-refractivity contribution in [2.75, 3.05) is 33.0 Å². The average molecular weight is 292 g/mol. The number of rotatable bonds is 7. The number of likely N-dealkylation sites (N-methyl/N-ethyl adjacent to an activating group) is 1. The number of ether oxygens (including phenoxy) is 2. The van der Waals surface area contributed by atoms with E-state index in [0.29, 0.717) is 23.5 Å². The maximum Gasteiger partial charge on any atom is 0.341 e. The van der Waals surface area contributed by atoms with Gasteiger partial charge in [0.2, 0.25) is 0 Å². The van der Waals surface area contributed by atoms with E-state index in [0.717, 1.165) is 0 Å². The molecule has 0 aromatic heterocycles. The van der Waals surface area contributed by atoms with Crippen LogP contribution < -0.4 is 15.8 Å². The molecule has 21 heavy (non-hydrogen) atoms. The van der Waals surface area contributed by atoms with Crippen molar-refractivity contribution in [1.82, 2.24) is 5.32 Å². The number of nitrogen functional groups attached to an aromatic ring is 1. The smallest absolute Gasteiger partial charge is 0.341 e. The van der Waals surface area contributed by atoms with Crippen LogP contribution in [0.4, 0.5) is 5.69 Å². The highest BCUT2D eigenvalue weighted by atomic mass is 16.5. The van der Waals surface area contributed by atoms with E-state index in [1.54, 1.807) is 25.2 Å². The molecule has 0 saturated heterocycles. The molecule has 1 rings (SSSR count). The molecular formula is C15H20N2O4. The molecule has 0 unspecified atom stereocenters. The van der Waals surface area contributed by atoms with Gasteiger partial charge in [-0.05, 0) is 32.2 Å². The molecule has 0 spiro atoms. The van der Waals surface area contributed by atoms with E-state index in [2.05, 4.69) is 5.32 Å². The van der Waals surface area contributed by atoms with Gasteiger partial charge in [0.05, 0.1) is 7.11 Å². The summed E-state index contributed by atoms with van der Waals surface area (Å²) in [5, 5.41) is 2.85. The summed E-state index contributed by atoms with van der Waals surface area (Å²) in [7, 11) is 3.24. The van der Waals surface area contributed by atoms with Crippen molar-refractivity contribution >= 4 is 23.5 Å². The van der Waals surface area contributed by atoms with Gasteiger partial charge in [-0.15, -0.1) is 0 Å². The van der Waals surface area contributed by atoms with Gasteiger partial charge < -0.3 is 20.5 Å². The maximum atomic E-state index is 11.9. The lowest BCUT2D eigenvalue weighted by Crippen LogP contribution is -2.20. The summed E-state index contributed by atoms with van der Waals surface area (Å²) in [6.07, 6.45) is 1.45. The number of hydrogen-bond acceptors (Lipinski definition) is 6. The second-order valence-corrected chi connectivity index (χ2v) is 4.36. The minimum Gasteiger partial charge on any atom is -0.496 e. The fourth-order valence-corrected chi connectivity index (χ4v) is 1.63. The number of benzene rings is 1. The molecule has 0 amide bonds. The number of nitrogens with two attached hydrogens (primary N) is 1. The second-order valence-electron chi connectivity index (χ2n) is 4.36. The number of hydrogen-bond donors (Lipinski definition) is 2. The Bertz CT molecular complexity index is 553. The van der Waals surface area contributed by atoms with Crippen molar-refractivity contribution in [2.45, 2.75) is 6.92 Å². The van der Waals surface area contributed by atoms with Gasteiger partial charge in [-0.3, -0.25) is 4.79 Å². The van der Waals surface area contributed by atoms with Crippen molar-refractivity contribution in [2.24, 2.45) is 0 Å². The lowest BCUT2D eigenvalue weighted by Gasteiger charge is -2.09. The average Bonchev–Trinajstić information content (AvgIpc) is 2.45. The van der Waals surface area contributed by atoms with Crippen molar-refractivity contribution in [3.63, 3.8) is 0 Å². The molecular weight excluding hydrogens is 272 g/mol. The van der Waals surface area contributed by atoms with Gasteiger partial charge in [0.25, 0.3) is 0 Å². The lowest BCUT2D eigenvalue weighted by molar-refractivity contribution is -0.140. The predicted octanol–water partition coefficient (Wildman–Crippen LogP) is 1.01. The van der Waals surface area contributed by atoms with Gasteiger partial charge in [0.15, 0.2) is 5.78 Å². The van der Waals surface area contributed by atoms with Crippen LogP contribution in [0.3, 0.4) is 0 Å². The zero-order chi connectivity index (χ0) is 15.8. The summed E-state index contributed by atoms with van der Waals surface area (Å²) < 4.78 is 10.2. The topological polar surface area (TPSA) is 90.7 Å². The monoisotopic (exact) mass is 292 g/mol. The Morgan fingerprint density at radius 1 is 1.38 bits per heavy atom. The first-order valence-corrected chi connectivity index (χ1v) is 6.47. The lowest BCUT2D eigenvalue weighted by atomic mass is 10.1. The fourth-order valence-electron chi connectivity index (χ4n) is 1.63. The highest BCUT2D eigenvalue weighted by molar-refractivity contribution is 6.19. The Labute approximate surface area is 123 Å². The molecule has 0 aliphatic heterocycles. The Morgan fingerprint density at radius 3 is 2.67 bits per heavy atom. The quantitative estimate of drug-likeness (QED) is 0.195. The highest BCUT2D eigenvalue weighted by Gasteiger charge is 2.17. The highest BCUT2D eigenvalue weighted by Crippen LogP contribution is 2.24. The molecule has 3 N–H and O–H groups in total. The standard InChI is InChI=1S/C15H20N2O4/c1-10(18)13(15(19)21-7-6-17-2)8-11-4-5-12(16)9-14(11)20-3/h4-5,8-9,17H,6-7,16H2,1-3H3/b13-8+. The van der Waals surface area contributed by atoms with Crippen LogP contribution in [0.5, 0.6) is 5.75 Å².